The van der Waals surface area contributed by atoms with E-state index in [1.165, 1.54) is 19.1 Å². The van der Waals surface area contributed by atoms with E-state index in [0.717, 1.165) is 29.1 Å². The van der Waals surface area contributed by atoms with Gasteiger partial charge in [0.2, 0.25) is 0 Å². The van der Waals surface area contributed by atoms with Gasteiger partial charge in [-0.3, -0.25) is 0 Å². The van der Waals surface area contributed by atoms with Crippen LogP contribution in [0.1, 0.15) is 41.1 Å². The highest BCUT2D eigenvalue weighted by atomic mass is 32.1. The Labute approximate surface area is 237 Å². The number of allylic oxidation sites excluding steroid dienone is 3. The Morgan fingerprint density at radius 2 is 1.20 bits per heavy atom. The minimum absolute atomic E-state index is 0.0723. The number of thiophene rings is 2. The van der Waals surface area contributed by atoms with Crippen LogP contribution in [0.4, 0.5) is 26.3 Å². The summed E-state index contributed by atoms with van der Waals surface area (Å²) in [7, 11) is 0. The quantitative estimate of drug-likeness (QED) is 0.188. The molecule has 0 nitrogen and oxygen atoms in total. The third-order valence-electron chi connectivity index (χ3n) is 7.22. The van der Waals surface area contributed by atoms with Gasteiger partial charge >= 0.3 is 17.8 Å². The summed E-state index contributed by atoms with van der Waals surface area (Å²) in [5.41, 5.74) is -1.85. The third kappa shape index (κ3) is 4.55. The third-order valence-corrected chi connectivity index (χ3v) is 9.47. The van der Waals surface area contributed by atoms with Gasteiger partial charge in [-0.15, -0.1) is 22.7 Å². The second kappa shape index (κ2) is 10.4. The Hall–Kier alpha value is -3.10. The van der Waals surface area contributed by atoms with Crippen LogP contribution in [0.3, 0.4) is 0 Å². The van der Waals surface area contributed by atoms with Crippen molar-refractivity contribution in [3.8, 4) is 20.9 Å². The number of benzene rings is 2. The number of alkyl halides is 6. The summed E-state index contributed by atoms with van der Waals surface area (Å²) in [6, 6.07) is 20.3. The molecule has 1 aliphatic carbocycles. The van der Waals surface area contributed by atoms with E-state index in [0.29, 0.717) is 20.9 Å². The van der Waals surface area contributed by atoms with Crippen LogP contribution in [-0.4, -0.2) is 17.8 Å². The van der Waals surface area contributed by atoms with Crippen molar-refractivity contribution in [1.82, 2.24) is 0 Å². The smallest absolute Gasteiger partial charge is 0.194 e. The second-order valence-electron chi connectivity index (χ2n) is 9.92. The molecule has 1 atom stereocenters. The molecule has 0 amide bonds. The minimum Gasteiger partial charge on any atom is -0.194 e. The summed E-state index contributed by atoms with van der Waals surface area (Å²) >= 11 is 2.22. The first-order chi connectivity index (χ1) is 18.9. The molecule has 0 aliphatic heterocycles. The van der Waals surface area contributed by atoms with Gasteiger partial charge in [-0.25, -0.2) is 0 Å². The highest BCUT2D eigenvalue weighted by molar-refractivity contribution is 7.16. The van der Waals surface area contributed by atoms with Crippen LogP contribution in [0.15, 0.2) is 78.9 Å². The minimum atomic E-state index is -5.61. The largest absolute Gasteiger partial charge is 0.380 e. The zero-order valence-electron chi connectivity index (χ0n) is 22.0. The van der Waals surface area contributed by atoms with Crippen LogP contribution >= 0.6 is 22.7 Å². The summed E-state index contributed by atoms with van der Waals surface area (Å²) in [6.07, 6.45) is 4.14. The molecule has 0 saturated carbocycles. The van der Waals surface area contributed by atoms with Gasteiger partial charge in [0.1, 0.15) is 0 Å². The van der Waals surface area contributed by atoms with E-state index in [1.54, 1.807) is 72.8 Å². The molecule has 0 radical (unpaired) electrons. The molecular formula is C32H26F6S2. The van der Waals surface area contributed by atoms with Crippen LogP contribution in [0.5, 0.6) is 0 Å². The molecule has 8 heteroatoms. The number of hydrogen-bond donors (Lipinski definition) is 0. The molecule has 2 aromatic carbocycles. The molecule has 2 aromatic heterocycles. The summed E-state index contributed by atoms with van der Waals surface area (Å²) in [5.74, 6) is -15.7. The lowest BCUT2D eigenvalue weighted by Crippen LogP contribution is -2.48. The molecule has 0 saturated heterocycles. The lowest BCUT2D eigenvalue weighted by atomic mass is 9.94. The molecule has 0 unspecified atom stereocenters. The van der Waals surface area contributed by atoms with E-state index in [2.05, 4.69) is 0 Å². The average Bonchev–Trinajstić information content (AvgIpc) is 3.56. The first-order valence-electron chi connectivity index (χ1n) is 12.8. The molecule has 40 heavy (non-hydrogen) atoms. The van der Waals surface area contributed by atoms with Crippen molar-refractivity contribution < 1.29 is 26.3 Å². The van der Waals surface area contributed by atoms with Crippen molar-refractivity contribution in [2.75, 3.05) is 0 Å². The number of hydrogen-bond acceptors (Lipinski definition) is 2. The summed E-state index contributed by atoms with van der Waals surface area (Å²) < 4.78 is 92.9. The van der Waals surface area contributed by atoms with Crippen LogP contribution in [0.2, 0.25) is 0 Å². The maximum absolute atomic E-state index is 15.7. The molecule has 5 rings (SSSR count). The molecule has 208 valence electrons. The van der Waals surface area contributed by atoms with Crippen LogP contribution in [0.25, 0.3) is 38.1 Å². The van der Waals surface area contributed by atoms with E-state index >= 15 is 26.3 Å². The van der Waals surface area contributed by atoms with E-state index in [4.69, 9.17) is 0 Å². The van der Waals surface area contributed by atoms with Gasteiger partial charge in [-0.1, -0.05) is 87.0 Å². The Morgan fingerprint density at radius 3 is 1.73 bits per heavy atom. The standard InChI is InChI=1S/C32H26F6S2/c1-4-19(2)15-16-25-24(18-27(40-25)22-13-9-6-10-14-22)29-28(30(33,34)32(37,38)31(29,35)36)23-17-26(39-20(23)3)21-11-7-5-8-12-21/h5-19H,4H2,1-3H3/t19-/m0/s1. The topological polar surface area (TPSA) is 0 Å². The van der Waals surface area contributed by atoms with Gasteiger partial charge in [0, 0.05) is 36.2 Å². The predicted octanol–water partition coefficient (Wildman–Crippen LogP) is 11.3. The van der Waals surface area contributed by atoms with E-state index in [1.807, 2.05) is 13.8 Å². The van der Waals surface area contributed by atoms with Crippen molar-refractivity contribution >= 4 is 39.9 Å². The fraction of sp³-hybridized carbons (Fsp3) is 0.250. The maximum atomic E-state index is 15.7. The van der Waals surface area contributed by atoms with Crippen molar-refractivity contribution in [1.29, 1.82) is 0 Å². The van der Waals surface area contributed by atoms with E-state index < -0.39 is 28.9 Å². The lowest BCUT2D eigenvalue weighted by Gasteiger charge is -2.25. The first kappa shape index (κ1) is 28.4. The highest BCUT2D eigenvalue weighted by Gasteiger charge is 2.80. The fourth-order valence-corrected chi connectivity index (χ4v) is 6.88. The molecule has 2 heterocycles. The second-order valence-corrected chi connectivity index (χ2v) is 12.3. The number of rotatable bonds is 7. The van der Waals surface area contributed by atoms with Crippen LogP contribution in [-0.2, 0) is 0 Å². The van der Waals surface area contributed by atoms with Crippen molar-refractivity contribution in [3.05, 3.63) is 99.8 Å². The molecule has 0 bridgehead atoms. The SMILES string of the molecule is CC[C@H](C)C=Cc1sc(-c2ccccc2)cc1C1=C(c2cc(-c3ccccc3)sc2C)C(F)(F)C(F)(F)C1(F)F. The van der Waals surface area contributed by atoms with Crippen molar-refractivity contribution in [2.45, 2.75) is 45.0 Å². The molecule has 1 aliphatic rings. The predicted molar refractivity (Wildman–Crippen MR) is 154 cm³/mol. The average molecular weight is 589 g/mol. The lowest BCUT2D eigenvalue weighted by molar-refractivity contribution is -0.254. The molecular weight excluding hydrogens is 562 g/mol. The Kier molecular flexibility index (Phi) is 7.38. The zero-order valence-corrected chi connectivity index (χ0v) is 23.6. The fourth-order valence-electron chi connectivity index (χ4n) is 4.76. The van der Waals surface area contributed by atoms with Gasteiger partial charge in [0.25, 0.3) is 0 Å². The van der Waals surface area contributed by atoms with E-state index in [9.17, 15) is 0 Å². The summed E-state index contributed by atoms with van der Waals surface area (Å²) in [5, 5.41) is 0. The Bertz CT molecular complexity index is 1580. The molecule has 0 fully saturated rings. The van der Waals surface area contributed by atoms with Crippen LogP contribution in [0, 0.1) is 12.8 Å². The van der Waals surface area contributed by atoms with Crippen LogP contribution < -0.4 is 0 Å². The zero-order chi connectivity index (χ0) is 28.9. The monoisotopic (exact) mass is 588 g/mol. The molecule has 4 aromatic rings. The molecule has 0 spiro atoms. The normalized spacial score (nSPS) is 18.5. The van der Waals surface area contributed by atoms with Crippen molar-refractivity contribution in [3.63, 3.8) is 0 Å². The van der Waals surface area contributed by atoms with E-state index in [-0.39, 0.29) is 26.8 Å². The summed E-state index contributed by atoms with van der Waals surface area (Å²) in [4.78, 5) is 1.54. The first-order valence-corrected chi connectivity index (χ1v) is 14.5. The number of aryl methyl sites for hydroxylation is 1. The Balaban J connectivity index is 1.82. The van der Waals surface area contributed by atoms with Gasteiger partial charge in [0.05, 0.1) is 0 Å². The highest BCUT2D eigenvalue weighted by Crippen LogP contribution is 2.66. The molecule has 0 N–H and O–H groups in total. The van der Waals surface area contributed by atoms with Gasteiger partial charge in [-0.05, 0) is 47.7 Å². The van der Waals surface area contributed by atoms with Gasteiger partial charge in [-0.2, -0.15) is 26.3 Å². The van der Waals surface area contributed by atoms with Crippen molar-refractivity contribution in [2.24, 2.45) is 5.92 Å². The number of halogens is 6. The summed E-state index contributed by atoms with van der Waals surface area (Å²) in [6.45, 7) is 5.38. The van der Waals surface area contributed by atoms with Gasteiger partial charge in [0.15, 0.2) is 0 Å². The van der Waals surface area contributed by atoms with Gasteiger partial charge < -0.3 is 0 Å². The Morgan fingerprint density at radius 1 is 0.725 bits per heavy atom. The maximum Gasteiger partial charge on any atom is 0.380 e.